The summed E-state index contributed by atoms with van der Waals surface area (Å²) in [7, 11) is 3.10. The fourth-order valence-corrected chi connectivity index (χ4v) is 1.40. The Labute approximate surface area is 92.0 Å². The Kier molecular flexibility index (Phi) is 2.63. The molecule has 1 aromatic carbocycles. The van der Waals surface area contributed by atoms with E-state index < -0.39 is 0 Å². The molecule has 0 bridgehead atoms. The molecule has 0 saturated carbocycles. The molecule has 2 aromatic rings. The molecule has 2 rings (SSSR count). The standard InChI is InChI=1S/C10H11N3O3/c1-14-7-5-3-4-6(8(7)15-2)9-12-13-10(11)16-9/h3-5H,1-2H3,(H2,11,13). The molecule has 16 heavy (non-hydrogen) atoms. The zero-order valence-electron chi connectivity index (χ0n) is 8.93. The van der Waals surface area contributed by atoms with Gasteiger partial charge in [0.25, 0.3) is 5.89 Å². The molecule has 1 heterocycles. The van der Waals surface area contributed by atoms with E-state index in [2.05, 4.69) is 10.2 Å². The molecule has 6 nitrogen and oxygen atoms in total. The fraction of sp³-hybridized carbons (Fsp3) is 0.200. The number of rotatable bonds is 3. The largest absolute Gasteiger partial charge is 0.493 e. The minimum Gasteiger partial charge on any atom is -0.493 e. The van der Waals surface area contributed by atoms with Crippen molar-refractivity contribution in [2.24, 2.45) is 0 Å². The van der Waals surface area contributed by atoms with Gasteiger partial charge < -0.3 is 19.6 Å². The number of ether oxygens (including phenoxy) is 2. The van der Waals surface area contributed by atoms with Gasteiger partial charge in [-0.3, -0.25) is 0 Å². The Morgan fingerprint density at radius 2 is 2.00 bits per heavy atom. The highest BCUT2D eigenvalue weighted by Crippen LogP contribution is 2.37. The molecule has 6 heteroatoms. The summed E-state index contributed by atoms with van der Waals surface area (Å²) in [6.45, 7) is 0. The van der Waals surface area contributed by atoms with Crippen molar-refractivity contribution in [3.8, 4) is 23.0 Å². The number of anilines is 1. The van der Waals surface area contributed by atoms with Gasteiger partial charge in [0.15, 0.2) is 11.5 Å². The van der Waals surface area contributed by atoms with E-state index in [4.69, 9.17) is 19.6 Å². The highest BCUT2D eigenvalue weighted by molar-refractivity contribution is 5.67. The fourth-order valence-electron chi connectivity index (χ4n) is 1.40. The van der Waals surface area contributed by atoms with Gasteiger partial charge in [0.2, 0.25) is 0 Å². The minimum atomic E-state index is 0.0138. The van der Waals surface area contributed by atoms with Crippen molar-refractivity contribution in [2.75, 3.05) is 20.0 Å². The Bertz CT molecular complexity index is 496. The Morgan fingerprint density at radius 3 is 2.56 bits per heavy atom. The number of hydrogen-bond donors (Lipinski definition) is 1. The summed E-state index contributed by atoms with van der Waals surface area (Å²) >= 11 is 0. The van der Waals surface area contributed by atoms with Gasteiger partial charge in [0, 0.05) is 0 Å². The second kappa shape index (κ2) is 4.09. The average Bonchev–Trinajstić information content (AvgIpc) is 2.74. The van der Waals surface area contributed by atoms with E-state index in [-0.39, 0.29) is 6.01 Å². The summed E-state index contributed by atoms with van der Waals surface area (Å²) in [6.07, 6.45) is 0. The molecule has 1 aromatic heterocycles. The number of nitrogens with two attached hydrogens (primary N) is 1. The molecular weight excluding hydrogens is 210 g/mol. The third-order valence-corrected chi connectivity index (χ3v) is 2.07. The molecule has 0 fully saturated rings. The minimum absolute atomic E-state index is 0.0138. The van der Waals surface area contributed by atoms with Gasteiger partial charge in [0.1, 0.15) is 0 Å². The first-order chi connectivity index (χ1) is 7.76. The van der Waals surface area contributed by atoms with E-state index in [1.807, 2.05) is 0 Å². The molecule has 0 aliphatic rings. The molecule has 0 saturated heterocycles. The first-order valence-electron chi connectivity index (χ1n) is 4.56. The summed E-state index contributed by atoms with van der Waals surface area (Å²) < 4.78 is 15.5. The lowest BCUT2D eigenvalue weighted by Crippen LogP contribution is -1.93. The zero-order valence-corrected chi connectivity index (χ0v) is 8.93. The highest BCUT2D eigenvalue weighted by Gasteiger charge is 2.15. The van der Waals surface area contributed by atoms with Crippen LogP contribution in [0.4, 0.5) is 6.01 Å². The van der Waals surface area contributed by atoms with Crippen LogP contribution in [0, 0.1) is 0 Å². The van der Waals surface area contributed by atoms with Crippen molar-refractivity contribution in [3.05, 3.63) is 18.2 Å². The van der Waals surface area contributed by atoms with Crippen molar-refractivity contribution in [1.82, 2.24) is 10.2 Å². The second-order valence-corrected chi connectivity index (χ2v) is 2.99. The van der Waals surface area contributed by atoms with Crippen LogP contribution in [0.15, 0.2) is 22.6 Å². The second-order valence-electron chi connectivity index (χ2n) is 2.99. The number of methoxy groups -OCH3 is 2. The third-order valence-electron chi connectivity index (χ3n) is 2.07. The number of aromatic nitrogens is 2. The normalized spacial score (nSPS) is 10.1. The Balaban J connectivity index is 2.56. The van der Waals surface area contributed by atoms with E-state index in [1.165, 1.54) is 0 Å². The Hall–Kier alpha value is -2.24. The Morgan fingerprint density at radius 1 is 1.19 bits per heavy atom. The van der Waals surface area contributed by atoms with Crippen molar-refractivity contribution >= 4 is 6.01 Å². The maximum Gasteiger partial charge on any atom is 0.313 e. The van der Waals surface area contributed by atoms with Gasteiger partial charge in [-0.25, -0.2) is 0 Å². The number of nitrogens with zero attached hydrogens (tertiary/aromatic N) is 2. The predicted octanol–water partition coefficient (Wildman–Crippen LogP) is 1.34. The van der Waals surface area contributed by atoms with Crippen molar-refractivity contribution < 1.29 is 13.9 Å². The van der Waals surface area contributed by atoms with Gasteiger partial charge in [-0.1, -0.05) is 11.2 Å². The highest BCUT2D eigenvalue weighted by atomic mass is 16.5. The number of benzene rings is 1. The van der Waals surface area contributed by atoms with Gasteiger partial charge >= 0.3 is 6.01 Å². The maximum absolute atomic E-state index is 5.37. The quantitative estimate of drug-likeness (QED) is 0.841. The molecule has 2 N–H and O–H groups in total. The predicted molar refractivity (Wildman–Crippen MR) is 57.3 cm³/mol. The summed E-state index contributed by atoms with van der Waals surface area (Å²) in [5.74, 6) is 1.43. The third kappa shape index (κ3) is 1.65. The van der Waals surface area contributed by atoms with E-state index in [1.54, 1.807) is 32.4 Å². The van der Waals surface area contributed by atoms with Crippen molar-refractivity contribution in [1.29, 1.82) is 0 Å². The van der Waals surface area contributed by atoms with Crippen LogP contribution in [-0.2, 0) is 0 Å². The van der Waals surface area contributed by atoms with Gasteiger partial charge in [-0.15, -0.1) is 5.10 Å². The van der Waals surface area contributed by atoms with Crippen LogP contribution >= 0.6 is 0 Å². The van der Waals surface area contributed by atoms with Crippen LogP contribution in [0.25, 0.3) is 11.5 Å². The van der Waals surface area contributed by atoms with Gasteiger partial charge in [0.05, 0.1) is 19.8 Å². The number of hydrogen-bond acceptors (Lipinski definition) is 6. The molecule has 0 amide bonds. The molecule has 0 unspecified atom stereocenters. The summed E-state index contributed by atoms with van der Waals surface area (Å²) in [5, 5.41) is 7.38. The van der Waals surface area contributed by atoms with Crippen molar-refractivity contribution in [3.63, 3.8) is 0 Å². The van der Waals surface area contributed by atoms with Crippen LogP contribution in [-0.4, -0.2) is 24.4 Å². The smallest absolute Gasteiger partial charge is 0.313 e. The molecule has 0 aliphatic heterocycles. The lowest BCUT2D eigenvalue weighted by molar-refractivity contribution is 0.355. The maximum atomic E-state index is 5.37. The lowest BCUT2D eigenvalue weighted by Gasteiger charge is -2.09. The van der Waals surface area contributed by atoms with E-state index in [0.717, 1.165) is 0 Å². The molecule has 0 spiro atoms. The van der Waals surface area contributed by atoms with Gasteiger partial charge in [-0.05, 0) is 12.1 Å². The van der Waals surface area contributed by atoms with Crippen LogP contribution in [0.2, 0.25) is 0 Å². The van der Waals surface area contributed by atoms with E-state index in [0.29, 0.717) is 23.0 Å². The van der Waals surface area contributed by atoms with Gasteiger partial charge in [-0.2, -0.15) is 0 Å². The van der Waals surface area contributed by atoms with Crippen LogP contribution in [0.5, 0.6) is 11.5 Å². The van der Waals surface area contributed by atoms with Crippen LogP contribution in [0.1, 0.15) is 0 Å². The number of para-hydroxylation sites is 1. The van der Waals surface area contributed by atoms with Crippen LogP contribution in [0.3, 0.4) is 0 Å². The van der Waals surface area contributed by atoms with E-state index in [9.17, 15) is 0 Å². The lowest BCUT2D eigenvalue weighted by atomic mass is 10.2. The monoisotopic (exact) mass is 221 g/mol. The molecule has 0 aliphatic carbocycles. The molecule has 0 atom stereocenters. The van der Waals surface area contributed by atoms with E-state index >= 15 is 0 Å². The van der Waals surface area contributed by atoms with Crippen molar-refractivity contribution in [2.45, 2.75) is 0 Å². The zero-order chi connectivity index (χ0) is 11.5. The molecular formula is C10H11N3O3. The topological polar surface area (TPSA) is 83.4 Å². The van der Waals surface area contributed by atoms with Crippen LogP contribution < -0.4 is 15.2 Å². The first kappa shape index (κ1) is 10.3. The summed E-state index contributed by atoms with van der Waals surface area (Å²) in [6, 6.07) is 5.38. The first-order valence-corrected chi connectivity index (χ1v) is 4.56. The average molecular weight is 221 g/mol. The summed E-state index contributed by atoms with van der Waals surface area (Å²) in [4.78, 5) is 0. The number of nitrogen functional groups attached to an aromatic ring is 1. The SMILES string of the molecule is COc1cccc(-c2nnc(N)o2)c1OC. The molecule has 0 radical (unpaired) electrons. The summed E-state index contributed by atoms with van der Waals surface area (Å²) in [5.41, 5.74) is 6.01. The molecule has 84 valence electrons.